The number of benzene rings is 2. The SMILES string of the molecule is C=C(C#N)CN1Cc2c(cccc2-c2ccc(C)c(NC(C)=O)c2)C1=O. The summed E-state index contributed by atoms with van der Waals surface area (Å²) < 4.78 is 0. The zero-order valence-electron chi connectivity index (χ0n) is 14.8. The maximum atomic E-state index is 12.6. The fourth-order valence-corrected chi connectivity index (χ4v) is 3.17. The van der Waals surface area contributed by atoms with Gasteiger partial charge in [-0.05, 0) is 41.3 Å². The lowest BCUT2D eigenvalue weighted by Gasteiger charge is -2.15. The average molecular weight is 345 g/mol. The number of aryl methyl sites for hydroxylation is 1. The van der Waals surface area contributed by atoms with Gasteiger partial charge in [-0.15, -0.1) is 0 Å². The molecule has 2 amide bonds. The van der Waals surface area contributed by atoms with Crippen LogP contribution in [-0.4, -0.2) is 23.3 Å². The molecule has 0 bridgehead atoms. The Labute approximate surface area is 152 Å². The van der Waals surface area contributed by atoms with Gasteiger partial charge in [0.1, 0.15) is 0 Å². The molecule has 1 aliphatic heterocycles. The molecular formula is C21H19N3O2. The molecule has 0 unspecified atom stereocenters. The average Bonchev–Trinajstić information content (AvgIpc) is 2.92. The molecule has 0 saturated carbocycles. The number of nitrogens with one attached hydrogen (secondary N) is 1. The Kier molecular flexibility index (Phi) is 4.59. The van der Waals surface area contributed by atoms with Crippen molar-refractivity contribution in [2.24, 2.45) is 0 Å². The first-order chi connectivity index (χ1) is 12.4. The third kappa shape index (κ3) is 3.22. The summed E-state index contributed by atoms with van der Waals surface area (Å²) in [6, 6.07) is 13.5. The largest absolute Gasteiger partial charge is 0.329 e. The molecule has 0 radical (unpaired) electrons. The Morgan fingerprint density at radius 2 is 2.04 bits per heavy atom. The standard InChI is InChI=1S/C21H19N3O2/c1-13(10-22)11-24-12-19-17(5-4-6-18(19)21(24)26)16-8-7-14(2)20(9-16)23-15(3)25/h4-9H,1,11-12H2,2-3H3,(H,23,25). The fraction of sp³-hybridized carbons (Fsp3) is 0.190. The fourth-order valence-electron chi connectivity index (χ4n) is 3.17. The summed E-state index contributed by atoms with van der Waals surface area (Å²) in [4.78, 5) is 25.7. The molecule has 130 valence electrons. The van der Waals surface area contributed by atoms with Crippen LogP contribution in [0.1, 0.15) is 28.4 Å². The van der Waals surface area contributed by atoms with Crippen molar-refractivity contribution < 1.29 is 9.59 Å². The second-order valence-corrected chi connectivity index (χ2v) is 6.42. The van der Waals surface area contributed by atoms with Gasteiger partial charge in [-0.2, -0.15) is 5.26 Å². The minimum absolute atomic E-state index is 0.0903. The molecule has 2 aromatic carbocycles. The van der Waals surface area contributed by atoms with Crippen molar-refractivity contribution in [2.45, 2.75) is 20.4 Å². The molecule has 0 saturated heterocycles. The minimum atomic E-state index is -0.125. The number of amides is 2. The van der Waals surface area contributed by atoms with Crippen LogP contribution in [0, 0.1) is 18.3 Å². The van der Waals surface area contributed by atoms with Crippen molar-refractivity contribution in [3.05, 3.63) is 65.2 Å². The molecule has 1 aliphatic rings. The quantitative estimate of drug-likeness (QED) is 0.860. The molecule has 5 heteroatoms. The first-order valence-corrected chi connectivity index (χ1v) is 8.28. The predicted octanol–water partition coefficient (Wildman–Crippen LogP) is 3.66. The van der Waals surface area contributed by atoms with Gasteiger partial charge >= 0.3 is 0 Å². The number of nitrogens with zero attached hydrogens (tertiary/aromatic N) is 2. The van der Waals surface area contributed by atoms with Crippen LogP contribution >= 0.6 is 0 Å². The molecule has 5 nitrogen and oxygen atoms in total. The Morgan fingerprint density at radius 3 is 2.73 bits per heavy atom. The van der Waals surface area contributed by atoms with Gasteiger partial charge in [-0.1, -0.05) is 30.8 Å². The molecule has 0 aromatic heterocycles. The lowest BCUT2D eigenvalue weighted by atomic mass is 9.95. The lowest BCUT2D eigenvalue weighted by Crippen LogP contribution is -2.25. The molecular weight excluding hydrogens is 326 g/mol. The molecule has 1 heterocycles. The predicted molar refractivity (Wildman–Crippen MR) is 100 cm³/mol. The van der Waals surface area contributed by atoms with Crippen LogP contribution in [0.3, 0.4) is 0 Å². The van der Waals surface area contributed by atoms with Gasteiger partial charge in [0.25, 0.3) is 5.91 Å². The maximum absolute atomic E-state index is 12.6. The summed E-state index contributed by atoms with van der Waals surface area (Å²) in [6.45, 7) is 7.75. The number of hydrogen-bond acceptors (Lipinski definition) is 3. The Bertz CT molecular complexity index is 970. The van der Waals surface area contributed by atoms with E-state index in [2.05, 4.69) is 11.9 Å². The van der Waals surface area contributed by atoms with Crippen LogP contribution in [0.15, 0.2) is 48.6 Å². The first-order valence-electron chi connectivity index (χ1n) is 8.28. The van der Waals surface area contributed by atoms with Crippen molar-refractivity contribution in [1.82, 2.24) is 4.90 Å². The second kappa shape index (κ2) is 6.85. The van der Waals surface area contributed by atoms with Gasteiger partial charge in [-0.25, -0.2) is 0 Å². The highest BCUT2D eigenvalue weighted by atomic mass is 16.2. The van der Waals surface area contributed by atoms with E-state index in [4.69, 9.17) is 5.26 Å². The van der Waals surface area contributed by atoms with E-state index in [0.717, 1.165) is 27.9 Å². The molecule has 3 rings (SSSR count). The smallest absolute Gasteiger partial charge is 0.254 e. The highest BCUT2D eigenvalue weighted by Crippen LogP contribution is 2.34. The van der Waals surface area contributed by atoms with Crippen molar-refractivity contribution in [3.8, 4) is 17.2 Å². The van der Waals surface area contributed by atoms with Crippen LogP contribution < -0.4 is 5.32 Å². The van der Waals surface area contributed by atoms with Crippen LogP contribution in [0.4, 0.5) is 5.69 Å². The topological polar surface area (TPSA) is 73.2 Å². The summed E-state index contributed by atoms with van der Waals surface area (Å²) in [5.74, 6) is -0.215. The van der Waals surface area contributed by atoms with E-state index in [1.165, 1.54) is 6.92 Å². The van der Waals surface area contributed by atoms with E-state index in [0.29, 0.717) is 17.7 Å². The zero-order chi connectivity index (χ0) is 18.8. The van der Waals surface area contributed by atoms with E-state index in [9.17, 15) is 9.59 Å². The molecule has 0 spiro atoms. The third-order valence-corrected chi connectivity index (χ3v) is 4.44. The highest BCUT2D eigenvalue weighted by molar-refractivity contribution is 6.01. The zero-order valence-corrected chi connectivity index (χ0v) is 14.8. The molecule has 1 N–H and O–H groups in total. The van der Waals surface area contributed by atoms with Crippen molar-refractivity contribution >= 4 is 17.5 Å². The summed E-state index contributed by atoms with van der Waals surface area (Å²) >= 11 is 0. The van der Waals surface area contributed by atoms with E-state index < -0.39 is 0 Å². The van der Waals surface area contributed by atoms with Gasteiger partial charge in [-0.3, -0.25) is 9.59 Å². The van der Waals surface area contributed by atoms with Gasteiger partial charge in [0.2, 0.25) is 5.91 Å². The Balaban J connectivity index is 2.01. The van der Waals surface area contributed by atoms with Crippen molar-refractivity contribution in [1.29, 1.82) is 5.26 Å². The summed E-state index contributed by atoms with van der Waals surface area (Å²) in [7, 11) is 0. The van der Waals surface area contributed by atoms with Crippen molar-refractivity contribution in [3.63, 3.8) is 0 Å². The molecule has 0 fully saturated rings. The normalized spacial score (nSPS) is 12.5. The number of carbonyl (C=O) groups is 2. The Morgan fingerprint density at radius 1 is 1.31 bits per heavy atom. The number of hydrogen-bond donors (Lipinski definition) is 1. The highest BCUT2D eigenvalue weighted by Gasteiger charge is 2.29. The van der Waals surface area contributed by atoms with Crippen LogP contribution in [0.5, 0.6) is 0 Å². The van der Waals surface area contributed by atoms with Crippen LogP contribution in [-0.2, 0) is 11.3 Å². The Hall–Kier alpha value is -3.39. The molecule has 0 atom stereocenters. The maximum Gasteiger partial charge on any atom is 0.254 e. The monoisotopic (exact) mass is 345 g/mol. The number of fused-ring (bicyclic) bond motifs is 1. The summed E-state index contributed by atoms with van der Waals surface area (Å²) in [5, 5.41) is 11.8. The van der Waals surface area contributed by atoms with Gasteiger partial charge in [0.15, 0.2) is 0 Å². The molecule has 2 aromatic rings. The van der Waals surface area contributed by atoms with Gasteiger partial charge in [0.05, 0.1) is 12.6 Å². The summed E-state index contributed by atoms with van der Waals surface area (Å²) in [6.07, 6.45) is 0. The molecule has 0 aliphatic carbocycles. The molecule has 26 heavy (non-hydrogen) atoms. The second-order valence-electron chi connectivity index (χ2n) is 6.42. The minimum Gasteiger partial charge on any atom is -0.329 e. The first kappa shape index (κ1) is 17.4. The van der Waals surface area contributed by atoms with Gasteiger partial charge < -0.3 is 10.2 Å². The van der Waals surface area contributed by atoms with Crippen LogP contribution in [0.25, 0.3) is 11.1 Å². The van der Waals surface area contributed by atoms with E-state index >= 15 is 0 Å². The van der Waals surface area contributed by atoms with E-state index in [-0.39, 0.29) is 18.4 Å². The third-order valence-electron chi connectivity index (χ3n) is 4.44. The lowest BCUT2D eigenvalue weighted by molar-refractivity contribution is -0.114. The van der Waals surface area contributed by atoms with Gasteiger partial charge in [0, 0.05) is 30.3 Å². The van der Waals surface area contributed by atoms with Crippen LogP contribution in [0.2, 0.25) is 0 Å². The number of carbonyl (C=O) groups excluding carboxylic acids is 2. The number of anilines is 1. The number of nitriles is 1. The number of rotatable bonds is 4. The summed E-state index contributed by atoms with van der Waals surface area (Å²) in [5.41, 5.74) is 5.55. The van der Waals surface area contributed by atoms with E-state index in [1.807, 2.05) is 43.3 Å². The van der Waals surface area contributed by atoms with E-state index in [1.54, 1.807) is 11.0 Å². The van der Waals surface area contributed by atoms with Crippen molar-refractivity contribution in [2.75, 3.05) is 11.9 Å².